The summed E-state index contributed by atoms with van der Waals surface area (Å²) in [5.74, 6) is 0.279. The van der Waals surface area contributed by atoms with Crippen LogP contribution in [0.3, 0.4) is 0 Å². The molecule has 3 N–H and O–H groups in total. The molecule has 0 radical (unpaired) electrons. The number of anilines is 1. The number of nitrogens with one attached hydrogen (secondary N) is 1. The number of nitrogens with two attached hydrogens (primary N) is 1. The summed E-state index contributed by atoms with van der Waals surface area (Å²) in [6.45, 7) is 4.28. The third-order valence-electron chi connectivity index (χ3n) is 7.23. The minimum absolute atomic E-state index is 0.0408. The summed E-state index contributed by atoms with van der Waals surface area (Å²) in [4.78, 5) is 17.4. The molecule has 0 bridgehead atoms. The van der Waals surface area contributed by atoms with Crippen molar-refractivity contribution >= 4 is 11.6 Å². The molecule has 7 heteroatoms. The Morgan fingerprint density at radius 2 is 1.77 bits per heavy atom. The smallest absolute Gasteiger partial charge is 0.238 e. The predicted molar refractivity (Wildman–Crippen MR) is 136 cm³/mol. The molecule has 2 aliphatic rings. The Labute approximate surface area is 206 Å². The van der Waals surface area contributed by atoms with Crippen LogP contribution in [0.5, 0.6) is 0 Å². The van der Waals surface area contributed by atoms with Gasteiger partial charge in [-0.3, -0.25) is 4.79 Å². The Balaban J connectivity index is 1.21. The van der Waals surface area contributed by atoms with Gasteiger partial charge in [-0.1, -0.05) is 36.4 Å². The van der Waals surface area contributed by atoms with Crippen LogP contribution in [0, 0.1) is 11.3 Å². The number of carbonyl (C=O) groups is 1. The number of likely N-dealkylation sites (N-methyl/N-ethyl adjacent to an activating group) is 1. The van der Waals surface area contributed by atoms with Gasteiger partial charge in [-0.25, -0.2) is 0 Å². The average Bonchev–Trinajstić information content (AvgIpc) is 3.36. The van der Waals surface area contributed by atoms with Crippen molar-refractivity contribution < 1.29 is 9.21 Å². The molecular formula is C28H31N5O2. The van der Waals surface area contributed by atoms with Crippen LogP contribution in [-0.2, 0) is 11.2 Å². The molecule has 0 unspecified atom stereocenters. The predicted octanol–water partition coefficient (Wildman–Crippen LogP) is 3.13. The normalized spacial score (nSPS) is 22.9. The first kappa shape index (κ1) is 23.2. The van der Waals surface area contributed by atoms with Crippen LogP contribution in [0.2, 0.25) is 0 Å². The van der Waals surface area contributed by atoms with E-state index in [1.807, 2.05) is 0 Å². The zero-order valence-corrected chi connectivity index (χ0v) is 20.0. The highest BCUT2D eigenvalue weighted by molar-refractivity contribution is 5.84. The van der Waals surface area contributed by atoms with E-state index < -0.39 is 11.6 Å². The summed E-state index contributed by atoms with van der Waals surface area (Å²) in [7, 11) is 2.16. The zero-order chi connectivity index (χ0) is 24.4. The lowest BCUT2D eigenvalue weighted by molar-refractivity contribution is -0.123. The lowest BCUT2D eigenvalue weighted by Gasteiger charge is -2.34. The number of benzene rings is 2. The van der Waals surface area contributed by atoms with Crippen molar-refractivity contribution in [1.82, 2.24) is 10.2 Å². The molecule has 3 aromatic rings. The molecule has 180 valence electrons. The number of amides is 1. The molecule has 0 spiro atoms. The molecule has 2 fully saturated rings. The first-order chi connectivity index (χ1) is 17.0. The van der Waals surface area contributed by atoms with Crippen LogP contribution in [0.25, 0.3) is 11.1 Å². The number of nitrogens with zero attached hydrogens (tertiary/aromatic N) is 3. The van der Waals surface area contributed by atoms with E-state index >= 15 is 0 Å². The molecule has 1 saturated carbocycles. The summed E-state index contributed by atoms with van der Waals surface area (Å²) in [6, 6.07) is 22.1. The molecule has 2 heterocycles. The van der Waals surface area contributed by atoms with Gasteiger partial charge in [0.15, 0.2) is 0 Å². The van der Waals surface area contributed by atoms with Gasteiger partial charge in [0.05, 0.1) is 18.4 Å². The second kappa shape index (κ2) is 9.57. The number of hydrogen-bond donors (Lipinski definition) is 2. The standard InChI is InChI=1S/C28H31N5O2/c1-32-12-14-33(15-13-32)23-10-8-21(9-11-23)20-4-6-22(7-5-20)25-18-28(25,19-29)31-27(34)26(30)17-24-3-2-16-35-24/h2-11,16,25-26H,12-15,17-18,30H2,1H3,(H,31,34)/t25-,26+,28+/m1/s1. The fourth-order valence-corrected chi connectivity index (χ4v) is 4.84. The van der Waals surface area contributed by atoms with Crippen molar-refractivity contribution in [2.45, 2.75) is 30.3 Å². The molecule has 1 aromatic heterocycles. The van der Waals surface area contributed by atoms with Crippen molar-refractivity contribution in [1.29, 1.82) is 5.26 Å². The number of hydrogen-bond acceptors (Lipinski definition) is 6. The van der Waals surface area contributed by atoms with Crippen LogP contribution in [0.15, 0.2) is 71.3 Å². The monoisotopic (exact) mass is 469 g/mol. The Morgan fingerprint density at radius 1 is 1.11 bits per heavy atom. The quantitative estimate of drug-likeness (QED) is 0.552. The first-order valence-corrected chi connectivity index (χ1v) is 12.1. The van der Waals surface area contributed by atoms with Crippen molar-refractivity contribution in [2.24, 2.45) is 5.73 Å². The van der Waals surface area contributed by atoms with E-state index in [-0.39, 0.29) is 11.8 Å². The maximum absolute atomic E-state index is 12.6. The van der Waals surface area contributed by atoms with Crippen LogP contribution in [0.1, 0.15) is 23.7 Å². The van der Waals surface area contributed by atoms with Gasteiger partial charge >= 0.3 is 0 Å². The summed E-state index contributed by atoms with van der Waals surface area (Å²) < 4.78 is 5.28. The molecule has 1 aliphatic carbocycles. The maximum Gasteiger partial charge on any atom is 0.238 e. The van der Waals surface area contributed by atoms with Gasteiger partial charge in [0.25, 0.3) is 0 Å². The Hall–Kier alpha value is -3.60. The SMILES string of the molecule is CN1CCN(c2ccc(-c3ccc([C@H]4C[C@@]4(C#N)NC(=O)[C@@H](N)Cc4ccco4)cc3)cc2)CC1. The number of furan rings is 1. The summed E-state index contributed by atoms with van der Waals surface area (Å²) in [5.41, 5.74) is 9.74. The van der Waals surface area contributed by atoms with Crippen molar-refractivity contribution in [2.75, 3.05) is 38.1 Å². The van der Waals surface area contributed by atoms with Gasteiger partial charge in [-0.15, -0.1) is 0 Å². The van der Waals surface area contributed by atoms with Crippen molar-refractivity contribution in [3.8, 4) is 17.2 Å². The number of rotatable bonds is 7. The molecule has 1 aliphatic heterocycles. The maximum atomic E-state index is 12.6. The highest BCUT2D eigenvalue weighted by Gasteiger charge is 2.57. The van der Waals surface area contributed by atoms with E-state index in [1.54, 1.807) is 18.4 Å². The fourth-order valence-electron chi connectivity index (χ4n) is 4.84. The van der Waals surface area contributed by atoms with E-state index in [4.69, 9.17) is 10.2 Å². The first-order valence-electron chi connectivity index (χ1n) is 12.1. The lowest BCUT2D eigenvalue weighted by Crippen LogP contribution is -2.47. The Bertz CT molecular complexity index is 1190. The highest BCUT2D eigenvalue weighted by atomic mass is 16.3. The van der Waals surface area contributed by atoms with Gasteiger partial charge in [0.1, 0.15) is 11.3 Å². The Kier molecular flexibility index (Phi) is 6.33. The van der Waals surface area contributed by atoms with Crippen molar-refractivity contribution in [3.63, 3.8) is 0 Å². The summed E-state index contributed by atoms with van der Waals surface area (Å²) >= 11 is 0. The highest BCUT2D eigenvalue weighted by Crippen LogP contribution is 2.51. The second-order valence-corrected chi connectivity index (χ2v) is 9.68. The van der Waals surface area contributed by atoms with E-state index in [0.29, 0.717) is 18.6 Å². The van der Waals surface area contributed by atoms with Crippen LogP contribution in [-0.4, -0.2) is 55.6 Å². The van der Waals surface area contributed by atoms with E-state index in [1.165, 1.54) is 5.69 Å². The molecular weight excluding hydrogens is 438 g/mol. The third kappa shape index (κ3) is 4.95. The fraction of sp³-hybridized carbons (Fsp3) is 0.357. The molecule has 5 rings (SSSR count). The van der Waals surface area contributed by atoms with Gasteiger partial charge in [0.2, 0.25) is 5.91 Å². The van der Waals surface area contributed by atoms with Gasteiger partial charge in [0, 0.05) is 44.2 Å². The lowest BCUT2D eigenvalue weighted by atomic mass is 10.00. The molecule has 1 amide bonds. The van der Waals surface area contributed by atoms with Gasteiger partial charge in [-0.05, 0) is 54.4 Å². The van der Waals surface area contributed by atoms with Crippen LogP contribution >= 0.6 is 0 Å². The number of piperazine rings is 1. The van der Waals surface area contributed by atoms with Gasteiger partial charge < -0.3 is 25.3 Å². The third-order valence-corrected chi connectivity index (χ3v) is 7.23. The van der Waals surface area contributed by atoms with E-state index in [9.17, 15) is 10.1 Å². The van der Waals surface area contributed by atoms with E-state index in [0.717, 1.165) is 42.9 Å². The largest absolute Gasteiger partial charge is 0.469 e. The topological polar surface area (TPSA) is 98.5 Å². The molecule has 1 saturated heterocycles. The summed E-state index contributed by atoms with van der Waals surface area (Å²) in [5, 5.41) is 12.7. The number of nitriles is 1. The van der Waals surface area contributed by atoms with Crippen LogP contribution < -0.4 is 16.0 Å². The minimum atomic E-state index is -0.899. The molecule has 7 nitrogen and oxygen atoms in total. The molecule has 35 heavy (non-hydrogen) atoms. The van der Waals surface area contributed by atoms with Gasteiger partial charge in [-0.2, -0.15) is 5.26 Å². The summed E-state index contributed by atoms with van der Waals surface area (Å²) in [6.07, 6.45) is 2.44. The number of carbonyl (C=O) groups excluding carboxylic acids is 1. The van der Waals surface area contributed by atoms with E-state index in [2.05, 4.69) is 76.8 Å². The van der Waals surface area contributed by atoms with Crippen molar-refractivity contribution in [3.05, 3.63) is 78.3 Å². The average molecular weight is 470 g/mol. The minimum Gasteiger partial charge on any atom is -0.469 e. The molecule has 3 atom stereocenters. The van der Waals surface area contributed by atoms with Crippen LogP contribution in [0.4, 0.5) is 5.69 Å². The zero-order valence-electron chi connectivity index (χ0n) is 20.0. The second-order valence-electron chi connectivity index (χ2n) is 9.68. The molecule has 2 aromatic carbocycles. The Morgan fingerprint density at radius 3 is 2.37 bits per heavy atom.